The summed E-state index contributed by atoms with van der Waals surface area (Å²) in [5.74, 6) is -0.100. The Hall–Kier alpha value is -2.93. The predicted molar refractivity (Wildman–Crippen MR) is 105 cm³/mol. The molecule has 3 rings (SSSR count). The van der Waals surface area contributed by atoms with Crippen molar-refractivity contribution in [2.24, 2.45) is 0 Å². The van der Waals surface area contributed by atoms with Crippen LogP contribution < -0.4 is 10.1 Å². The van der Waals surface area contributed by atoms with Gasteiger partial charge >= 0.3 is 0 Å². The van der Waals surface area contributed by atoms with Gasteiger partial charge in [-0.25, -0.2) is 8.42 Å². The van der Waals surface area contributed by atoms with Gasteiger partial charge in [-0.05, 0) is 23.8 Å². The molecule has 0 aromatic heterocycles. The van der Waals surface area contributed by atoms with Crippen LogP contribution in [0.2, 0.25) is 0 Å². The van der Waals surface area contributed by atoms with Crippen molar-refractivity contribution in [3.63, 3.8) is 0 Å². The Labute approximate surface area is 169 Å². The Bertz CT molecular complexity index is 1010. The largest absolute Gasteiger partial charge is 0.482 e. The molecule has 0 bridgehead atoms. The number of carbonyl (C=O) groups is 1. The lowest BCUT2D eigenvalue weighted by Gasteiger charge is -2.27. The van der Waals surface area contributed by atoms with Crippen LogP contribution in [0.3, 0.4) is 0 Å². The number of nitrogens with zero attached hydrogens (tertiary/aromatic N) is 2. The number of hydrogen-bond acceptors (Lipinski definition) is 6. The monoisotopic (exact) mass is 415 g/mol. The van der Waals surface area contributed by atoms with Gasteiger partial charge in [0.05, 0.1) is 23.7 Å². The lowest BCUT2D eigenvalue weighted by atomic mass is 10.2. The summed E-state index contributed by atoms with van der Waals surface area (Å²) in [5.41, 5.74) is 0.826. The molecule has 0 aliphatic carbocycles. The Kier molecular flexibility index (Phi) is 6.82. The van der Waals surface area contributed by atoms with E-state index in [4.69, 9.17) is 14.7 Å². The van der Waals surface area contributed by atoms with E-state index in [1.807, 2.05) is 6.07 Å². The molecule has 152 valence electrons. The number of hydrogen-bond donors (Lipinski definition) is 1. The molecular formula is C20H21N3O5S. The first-order valence-corrected chi connectivity index (χ1v) is 10.5. The molecule has 2 aromatic carbocycles. The highest BCUT2D eigenvalue weighted by atomic mass is 32.2. The summed E-state index contributed by atoms with van der Waals surface area (Å²) in [6, 6.07) is 15.2. The molecule has 1 saturated heterocycles. The topological polar surface area (TPSA) is 109 Å². The van der Waals surface area contributed by atoms with Crippen molar-refractivity contribution in [1.29, 1.82) is 5.26 Å². The van der Waals surface area contributed by atoms with Crippen molar-refractivity contribution in [2.75, 3.05) is 32.9 Å². The number of nitrogens with one attached hydrogen (secondary N) is 1. The fraction of sp³-hybridized carbons (Fsp3) is 0.300. The van der Waals surface area contributed by atoms with Gasteiger partial charge in [0.15, 0.2) is 6.61 Å². The molecule has 1 aliphatic heterocycles. The Morgan fingerprint density at radius 2 is 1.83 bits per heavy atom. The highest BCUT2D eigenvalue weighted by Crippen LogP contribution is 2.21. The van der Waals surface area contributed by atoms with Gasteiger partial charge in [0.1, 0.15) is 11.8 Å². The Balaban J connectivity index is 1.64. The summed E-state index contributed by atoms with van der Waals surface area (Å²) in [6.07, 6.45) is 0. The lowest BCUT2D eigenvalue weighted by Crippen LogP contribution is -2.41. The van der Waals surface area contributed by atoms with Gasteiger partial charge in [0, 0.05) is 19.6 Å². The first-order valence-electron chi connectivity index (χ1n) is 9.07. The average Bonchev–Trinajstić information content (AvgIpc) is 2.77. The van der Waals surface area contributed by atoms with Crippen LogP contribution in [0.5, 0.6) is 5.75 Å². The van der Waals surface area contributed by atoms with Crippen molar-refractivity contribution >= 4 is 15.9 Å². The molecule has 0 saturated carbocycles. The van der Waals surface area contributed by atoms with Crippen molar-refractivity contribution in [3.8, 4) is 11.8 Å². The van der Waals surface area contributed by atoms with Crippen LogP contribution in [0.4, 0.5) is 0 Å². The number of morpholine rings is 1. The van der Waals surface area contributed by atoms with E-state index < -0.39 is 15.9 Å². The highest BCUT2D eigenvalue weighted by molar-refractivity contribution is 7.89. The summed E-state index contributed by atoms with van der Waals surface area (Å²) in [4.78, 5) is 12.3. The smallest absolute Gasteiger partial charge is 0.258 e. The van der Waals surface area contributed by atoms with Crippen LogP contribution in [0, 0.1) is 11.3 Å². The van der Waals surface area contributed by atoms with E-state index in [0.717, 1.165) is 0 Å². The maximum atomic E-state index is 12.9. The number of rotatable bonds is 7. The average molecular weight is 415 g/mol. The maximum absolute atomic E-state index is 12.9. The normalized spacial score (nSPS) is 14.7. The molecule has 0 atom stereocenters. The van der Waals surface area contributed by atoms with Crippen LogP contribution >= 0.6 is 0 Å². The minimum absolute atomic E-state index is 0.0435. The van der Waals surface area contributed by atoms with Crippen molar-refractivity contribution in [1.82, 2.24) is 9.62 Å². The third-order valence-corrected chi connectivity index (χ3v) is 6.40. The fourth-order valence-electron chi connectivity index (χ4n) is 2.90. The first kappa shape index (κ1) is 20.8. The lowest BCUT2D eigenvalue weighted by molar-refractivity contribution is -0.123. The number of para-hydroxylation sites is 1. The number of ether oxygens (including phenoxy) is 2. The third kappa shape index (κ3) is 5.12. The van der Waals surface area contributed by atoms with Gasteiger partial charge in [0.25, 0.3) is 5.91 Å². The molecule has 0 unspecified atom stereocenters. The second-order valence-corrected chi connectivity index (χ2v) is 8.20. The summed E-state index contributed by atoms with van der Waals surface area (Å²) in [5, 5.41) is 11.7. The summed E-state index contributed by atoms with van der Waals surface area (Å²) in [7, 11) is -3.67. The number of carbonyl (C=O) groups excluding carboxylic acids is 1. The number of nitriles is 1. The molecule has 1 heterocycles. The maximum Gasteiger partial charge on any atom is 0.258 e. The molecule has 1 fully saturated rings. The summed E-state index contributed by atoms with van der Waals surface area (Å²) in [6.45, 7) is 1.09. The first-order chi connectivity index (χ1) is 14.0. The molecule has 2 aromatic rings. The minimum Gasteiger partial charge on any atom is -0.482 e. The van der Waals surface area contributed by atoms with Crippen LogP contribution in [0.1, 0.15) is 11.1 Å². The number of amides is 1. The summed E-state index contributed by atoms with van der Waals surface area (Å²) >= 11 is 0. The van der Waals surface area contributed by atoms with Gasteiger partial charge in [-0.3, -0.25) is 4.79 Å². The molecule has 1 amide bonds. The predicted octanol–water partition coefficient (Wildman–Crippen LogP) is 1.27. The van der Waals surface area contributed by atoms with Crippen molar-refractivity contribution in [2.45, 2.75) is 11.4 Å². The molecule has 8 nitrogen and oxygen atoms in total. The minimum atomic E-state index is -3.67. The molecule has 9 heteroatoms. The van der Waals surface area contributed by atoms with Crippen LogP contribution in [-0.2, 0) is 26.1 Å². The van der Waals surface area contributed by atoms with E-state index in [-0.39, 0.29) is 18.0 Å². The van der Waals surface area contributed by atoms with Crippen molar-refractivity contribution in [3.05, 3.63) is 59.7 Å². The van der Waals surface area contributed by atoms with E-state index in [2.05, 4.69) is 5.32 Å². The molecular weight excluding hydrogens is 394 g/mol. The van der Waals surface area contributed by atoms with Crippen LogP contribution in [-0.4, -0.2) is 51.5 Å². The standard InChI is InChI=1S/C20H21N3O5S/c21-13-16-5-1-3-7-18(16)28-15-20(24)22-14-17-6-2-4-8-19(17)29(25,26)23-9-11-27-12-10-23/h1-8H,9-12,14-15H2,(H,22,24). The van der Waals surface area contributed by atoms with Gasteiger partial charge < -0.3 is 14.8 Å². The van der Waals surface area contributed by atoms with E-state index >= 15 is 0 Å². The van der Waals surface area contributed by atoms with Gasteiger partial charge in [0.2, 0.25) is 10.0 Å². The molecule has 29 heavy (non-hydrogen) atoms. The zero-order valence-electron chi connectivity index (χ0n) is 15.7. The second-order valence-electron chi connectivity index (χ2n) is 6.30. The van der Waals surface area contributed by atoms with Crippen LogP contribution in [0.15, 0.2) is 53.4 Å². The van der Waals surface area contributed by atoms with E-state index in [9.17, 15) is 13.2 Å². The van der Waals surface area contributed by atoms with Crippen molar-refractivity contribution < 1.29 is 22.7 Å². The fourth-order valence-corrected chi connectivity index (χ4v) is 4.53. The molecule has 0 radical (unpaired) electrons. The Morgan fingerprint density at radius 3 is 2.59 bits per heavy atom. The molecule has 1 aliphatic rings. The summed E-state index contributed by atoms with van der Waals surface area (Å²) < 4.78 is 37.9. The second kappa shape index (κ2) is 9.52. The number of sulfonamides is 1. The van der Waals surface area contributed by atoms with E-state index in [1.165, 1.54) is 10.4 Å². The highest BCUT2D eigenvalue weighted by Gasteiger charge is 2.28. The zero-order chi connectivity index (χ0) is 20.7. The quantitative estimate of drug-likeness (QED) is 0.730. The third-order valence-electron chi connectivity index (χ3n) is 4.40. The van der Waals surface area contributed by atoms with Gasteiger partial charge in [-0.2, -0.15) is 9.57 Å². The van der Waals surface area contributed by atoms with Gasteiger partial charge in [-0.1, -0.05) is 30.3 Å². The number of benzene rings is 2. The van der Waals surface area contributed by atoms with E-state index in [1.54, 1.807) is 42.5 Å². The SMILES string of the molecule is N#Cc1ccccc1OCC(=O)NCc1ccccc1S(=O)(=O)N1CCOCC1. The van der Waals surface area contributed by atoms with Gasteiger partial charge in [-0.15, -0.1) is 0 Å². The molecule has 1 N–H and O–H groups in total. The van der Waals surface area contributed by atoms with Crippen LogP contribution in [0.25, 0.3) is 0 Å². The zero-order valence-corrected chi connectivity index (χ0v) is 16.5. The van der Waals surface area contributed by atoms with E-state index in [0.29, 0.717) is 43.2 Å². The Morgan fingerprint density at radius 1 is 1.14 bits per heavy atom. The molecule has 0 spiro atoms.